The van der Waals surface area contributed by atoms with Crippen LogP contribution in [0.3, 0.4) is 0 Å². The Balaban J connectivity index is 1.47. The highest BCUT2D eigenvalue weighted by molar-refractivity contribution is 5.92. The Kier molecular flexibility index (Phi) is 5.67. The number of anilines is 4. The summed E-state index contributed by atoms with van der Waals surface area (Å²) in [5, 5.41) is 8.52. The standard InChI is InChI=1S/C24H20N4O4/c1-14-4-3-5-16(12-14)28-21-20(22(29)23(21)30)27-15-6-8-17(9-7-15)32-18-10-11-26-19(13-18)24(31)25-2/h3-13,27-28H,1-2H3,(H,25,31). The van der Waals surface area contributed by atoms with E-state index in [4.69, 9.17) is 4.74 Å². The van der Waals surface area contributed by atoms with Gasteiger partial charge in [0, 0.05) is 30.7 Å². The molecule has 1 aromatic heterocycles. The third-order valence-corrected chi connectivity index (χ3v) is 4.75. The first kappa shape index (κ1) is 20.8. The van der Waals surface area contributed by atoms with Crippen molar-refractivity contribution >= 4 is 28.7 Å². The number of aryl methyl sites for hydroxylation is 1. The van der Waals surface area contributed by atoms with E-state index >= 15 is 0 Å². The number of aromatic nitrogens is 1. The monoisotopic (exact) mass is 428 g/mol. The van der Waals surface area contributed by atoms with Crippen molar-refractivity contribution < 1.29 is 9.53 Å². The average molecular weight is 428 g/mol. The molecule has 160 valence electrons. The molecule has 4 aromatic rings. The lowest BCUT2D eigenvalue weighted by Crippen LogP contribution is -2.35. The molecule has 0 aliphatic rings. The highest BCUT2D eigenvalue weighted by Gasteiger charge is 2.21. The predicted octanol–water partition coefficient (Wildman–Crippen LogP) is 3.63. The van der Waals surface area contributed by atoms with Gasteiger partial charge in [-0.3, -0.25) is 19.4 Å². The molecule has 8 heteroatoms. The molecule has 0 spiro atoms. The predicted molar refractivity (Wildman–Crippen MR) is 123 cm³/mol. The van der Waals surface area contributed by atoms with Gasteiger partial charge < -0.3 is 20.7 Å². The van der Waals surface area contributed by atoms with Crippen LogP contribution >= 0.6 is 0 Å². The number of rotatable bonds is 7. The summed E-state index contributed by atoms with van der Waals surface area (Å²) in [5.41, 5.74) is 1.97. The van der Waals surface area contributed by atoms with E-state index in [9.17, 15) is 14.4 Å². The molecule has 1 heterocycles. The molecule has 0 unspecified atom stereocenters. The molecule has 0 radical (unpaired) electrons. The highest BCUT2D eigenvalue weighted by Crippen LogP contribution is 2.27. The second kappa shape index (κ2) is 8.73. The fourth-order valence-corrected chi connectivity index (χ4v) is 3.11. The number of carbonyl (C=O) groups is 1. The zero-order valence-corrected chi connectivity index (χ0v) is 17.4. The number of hydrogen-bond acceptors (Lipinski definition) is 7. The molecule has 0 aliphatic heterocycles. The maximum atomic E-state index is 12.1. The second-order valence-corrected chi connectivity index (χ2v) is 7.11. The van der Waals surface area contributed by atoms with Crippen LogP contribution in [-0.4, -0.2) is 17.9 Å². The SMILES string of the molecule is CNC(=O)c1cc(Oc2ccc(Nc3c(Nc4cccc(C)c4)c(=O)c3=O)cc2)ccn1. The maximum Gasteiger partial charge on any atom is 0.269 e. The Hall–Kier alpha value is -4.46. The Labute approximate surface area is 183 Å². The van der Waals surface area contributed by atoms with Gasteiger partial charge in [-0.25, -0.2) is 0 Å². The van der Waals surface area contributed by atoms with Gasteiger partial charge in [0.1, 0.15) is 28.6 Å². The van der Waals surface area contributed by atoms with Crippen molar-refractivity contribution in [3.05, 3.63) is 98.6 Å². The normalized spacial score (nSPS) is 10.6. The molecule has 3 N–H and O–H groups in total. The molecule has 0 fully saturated rings. The summed E-state index contributed by atoms with van der Waals surface area (Å²) in [7, 11) is 1.53. The van der Waals surface area contributed by atoms with E-state index in [2.05, 4.69) is 20.9 Å². The van der Waals surface area contributed by atoms with Crippen LogP contribution in [0, 0.1) is 6.92 Å². The number of benzene rings is 2. The lowest BCUT2D eigenvalue weighted by atomic mass is 10.1. The Morgan fingerprint density at radius 3 is 2.19 bits per heavy atom. The summed E-state index contributed by atoms with van der Waals surface area (Å²) in [6.45, 7) is 1.95. The fraction of sp³-hybridized carbons (Fsp3) is 0.0833. The Bertz CT molecular complexity index is 1360. The van der Waals surface area contributed by atoms with E-state index in [-0.39, 0.29) is 23.0 Å². The number of ether oxygens (including phenoxy) is 1. The zero-order valence-electron chi connectivity index (χ0n) is 17.4. The average Bonchev–Trinajstić information content (AvgIpc) is 2.81. The number of amides is 1. The van der Waals surface area contributed by atoms with Gasteiger partial charge in [-0.1, -0.05) is 12.1 Å². The van der Waals surface area contributed by atoms with Crippen LogP contribution in [0.4, 0.5) is 22.7 Å². The first-order valence-corrected chi connectivity index (χ1v) is 9.84. The lowest BCUT2D eigenvalue weighted by molar-refractivity contribution is 0.0958. The molecule has 0 bridgehead atoms. The third kappa shape index (κ3) is 4.34. The summed E-state index contributed by atoms with van der Waals surface area (Å²) >= 11 is 0. The number of carbonyl (C=O) groups excluding carboxylic acids is 1. The quantitative estimate of drug-likeness (QED) is 0.386. The van der Waals surface area contributed by atoms with Crippen molar-refractivity contribution in [3.8, 4) is 11.5 Å². The van der Waals surface area contributed by atoms with E-state index in [1.54, 1.807) is 30.3 Å². The first-order chi connectivity index (χ1) is 15.4. The molecular weight excluding hydrogens is 408 g/mol. The van der Waals surface area contributed by atoms with E-state index in [1.807, 2.05) is 31.2 Å². The summed E-state index contributed by atoms with van der Waals surface area (Å²) in [6, 6.07) is 17.6. The number of nitrogens with zero attached hydrogens (tertiary/aromatic N) is 1. The molecule has 0 atom stereocenters. The maximum absolute atomic E-state index is 12.1. The van der Waals surface area contributed by atoms with E-state index < -0.39 is 10.9 Å². The van der Waals surface area contributed by atoms with E-state index in [1.165, 1.54) is 19.3 Å². The van der Waals surface area contributed by atoms with E-state index in [0.717, 1.165) is 11.3 Å². The minimum Gasteiger partial charge on any atom is -0.457 e. The lowest BCUT2D eigenvalue weighted by Gasteiger charge is -2.15. The van der Waals surface area contributed by atoms with Crippen molar-refractivity contribution in [3.63, 3.8) is 0 Å². The van der Waals surface area contributed by atoms with Gasteiger partial charge in [-0.05, 0) is 55.0 Å². The molecular formula is C24H20N4O4. The van der Waals surface area contributed by atoms with Crippen LogP contribution in [0.2, 0.25) is 0 Å². The van der Waals surface area contributed by atoms with Crippen molar-refractivity contribution in [1.82, 2.24) is 10.3 Å². The minimum absolute atomic E-state index is 0.217. The minimum atomic E-state index is -0.570. The molecule has 1 amide bonds. The molecule has 0 saturated carbocycles. The Morgan fingerprint density at radius 1 is 0.844 bits per heavy atom. The topological polar surface area (TPSA) is 109 Å². The van der Waals surface area contributed by atoms with Crippen LogP contribution in [0.1, 0.15) is 16.1 Å². The number of pyridine rings is 1. The summed E-state index contributed by atoms with van der Waals surface area (Å²) in [6.07, 6.45) is 1.49. The van der Waals surface area contributed by atoms with Crippen LogP contribution in [0.5, 0.6) is 11.5 Å². The van der Waals surface area contributed by atoms with Gasteiger partial charge in [0.05, 0.1) is 0 Å². The van der Waals surface area contributed by atoms with Gasteiger partial charge in [-0.2, -0.15) is 0 Å². The van der Waals surface area contributed by atoms with Crippen molar-refractivity contribution in [2.24, 2.45) is 0 Å². The zero-order chi connectivity index (χ0) is 22.7. The highest BCUT2D eigenvalue weighted by atomic mass is 16.5. The molecule has 8 nitrogen and oxygen atoms in total. The van der Waals surface area contributed by atoms with Gasteiger partial charge in [0.2, 0.25) is 0 Å². The molecule has 3 aromatic carbocycles. The van der Waals surface area contributed by atoms with Gasteiger partial charge >= 0.3 is 0 Å². The smallest absolute Gasteiger partial charge is 0.269 e. The van der Waals surface area contributed by atoms with Crippen LogP contribution in [0.15, 0.2) is 76.4 Å². The van der Waals surface area contributed by atoms with Crippen molar-refractivity contribution in [2.45, 2.75) is 6.92 Å². The summed E-state index contributed by atoms with van der Waals surface area (Å²) in [5.74, 6) is 0.692. The van der Waals surface area contributed by atoms with Crippen molar-refractivity contribution in [2.75, 3.05) is 17.7 Å². The van der Waals surface area contributed by atoms with Crippen LogP contribution in [-0.2, 0) is 0 Å². The molecule has 4 rings (SSSR count). The number of hydrogen-bond donors (Lipinski definition) is 3. The van der Waals surface area contributed by atoms with Crippen LogP contribution < -0.4 is 31.5 Å². The molecule has 32 heavy (non-hydrogen) atoms. The fourth-order valence-electron chi connectivity index (χ4n) is 3.11. The summed E-state index contributed by atoms with van der Waals surface area (Å²) < 4.78 is 5.77. The van der Waals surface area contributed by atoms with Crippen LogP contribution in [0.25, 0.3) is 0 Å². The van der Waals surface area contributed by atoms with Gasteiger partial charge in [-0.15, -0.1) is 0 Å². The number of nitrogens with one attached hydrogen (secondary N) is 3. The molecule has 0 aliphatic carbocycles. The van der Waals surface area contributed by atoms with Gasteiger partial charge in [0.25, 0.3) is 16.8 Å². The van der Waals surface area contributed by atoms with Gasteiger partial charge in [0.15, 0.2) is 0 Å². The Morgan fingerprint density at radius 2 is 1.53 bits per heavy atom. The summed E-state index contributed by atoms with van der Waals surface area (Å²) in [4.78, 5) is 39.8. The third-order valence-electron chi connectivity index (χ3n) is 4.75. The first-order valence-electron chi connectivity index (χ1n) is 9.84. The molecule has 0 saturated heterocycles. The van der Waals surface area contributed by atoms with E-state index in [0.29, 0.717) is 17.2 Å². The second-order valence-electron chi connectivity index (χ2n) is 7.11. The largest absolute Gasteiger partial charge is 0.457 e. The van der Waals surface area contributed by atoms with Crippen molar-refractivity contribution in [1.29, 1.82) is 0 Å².